The van der Waals surface area contributed by atoms with Crippen molar-refractivity contribution >= 4 is 5.91 Å². The van der Waals surface area contributed by atoms with Crippen molar-refractivity contribution in [3.05, 3.63) is 65.5 Å². The second kappa shape index (κ2) is 8.81. The summed E-state index contributed by atoms with van der Waals surface area (Å²) >= 11 is 0. The maximum absolute atomic E-state index is 13.1. The summed E-state index contributed by atoms with van der Waals surface area (Å²) in [4.78, 5) is 17.2. The van der Waals surface area contributed by atoms with E-state index in [1.807, 2.05) is 48.2 Å². The van der Waals surface area contributed by atoms with Crippen molar-refractivity contribution in [2.45, 2.75) is 19.9 Å². The molecule has 0 radical (unpaired) electrons. The lowest BCUT2D eigenvalue weighted by Crippen LogP contribution is -2.35. The van der Waals surface area contributed by atoms with E-state index in [2.05, 4.69) is 4.90 Å². The van der Waals surface area contributed by atoms with E-state index in [1.165, 1.54) is 12.1 Å². The zero-order valence-electron chi connectivity index (χ0n) is 15.2. The van der Waals surface area contributed by atoms with E-state index < -0.39 is 0 Å². The van der Waals surface area contributed by atoms with E-state index in [4.69, 9.17) is 4.74 Å². The first-order valence-corrected chi connectivity index (χ1v) is 9.15. The van der Waals surface area contributed by atoms with E-state index >= 15 is 0 Å². The lowest BCUT2D eigenvalue weighted by molar-refractivity contribution is 0.0757. The van der Waals surface area contributed by atoms with E-state index in [0.717, 1.165) is 38.2 Å². The van der Waals surface area contributed by atoms with Gasteiger partial charge in [-0.1, -0.05) is 24.3 Å². The number of carbonyl (C=O) groups is 1. The third-order valence-corrected chi connectivity index (χ3v) is 4.61. The van der Waals surface area contributed by atoms with Gasteiger partial charge in [0.15, 0.2) is 0 Å². The maximum atomic E-state index is 13.1. The van der Waals surface area contributed by atoms with Gasteiger partial charge in [-0.3, -0.25) is 9.69 Å². The predicted molar refractivity (Wildman–Crippen MR) is 99.8 cm³/mol. The summed E-state index contributed by atoms with van der Waals surface area (Å²) in [6.07, 6.45) is 0.920. The highest BCUT2D eigenvalue weighted by atomic mass is 19.1. The highest BCUT2D eigenvalue weighted by Gasteiger charge is 2.22. The first-order chi connectivity index (χ1) is 12.7. The van der Waals surface area contributed by atoms with Gasteiger partial charge < -0.3 is 9.64 Å². The van der Waals surface area contributed by atoms with Crippen molar-refractivity contribution in [1.82, 2.24) is 9.80 Å². The molecule has 1 aliphatic heterocycles. The molecule has 0 atom stereocenters. The summed E-state index contributed by atoms with van der Waals surface area (Å²) in [6, 6.07) is 14.1. The molecule has 2 aromatic rings. The topological polar surface area (TPSA) is 32.8 Å². The molecule has 1 amide bonds. The van der Waals surface area contributed by atoms with E-state index in [-0.39, 0.29) is 11.7 Å². The number of ether oxygens (including phenoxy) is 1. The highest BCUT2D eigenvalue weighted by Crippen LogP contribution is 2.21. The molecule has 0 N–H and O–H groups in total. The molecule has 138 valence electrons. The Hall–Kier alpha value is -2.40. The molecule has 1 heterocycles. The Morgan fingerprint density at radius 1 is 1.04 bits per heavy atom. The fourth-order valence-electron chi connectivity index (χ4n) is 3.28. The molecule has 0 unspecified atom stereocenters. The van der Waals surface area contributed by atoms with Crippen LogP contribution in [-0.4, -0.2) is 48.5 Å². The number of hydrogen-bond acceptors (Lipinski definition) is 3. The van der Waals surface area contributed by atoms with Crippen LogP contribution in [0.2, 0.25) is 0 Å². The fourth-order valence-corrected chi connectivity index (χ4v) is 3.28. The average molecular weight is 356 g/mol. The Morgan fingerprint density at radius 3 is 2.58 bits per heavy atom. The molecule has 3 rings (SSSR count). The predicted octanol–water partition coefficient (Wildman–Crippen LogP) is 3.57. The Kier molecular flexibility index (Phi) is 6.23. The molecular formula is C21H25FN2O2. The number of nitrogens with zero attached hydrogens (tertiary/aromatic N) is 2. The van der Waals surface area contributed by atoms with Crippen molar-refractivity contribution in [1.29, 1.82) is 0 Å². The molecule has 1 aliphatic rings. The van der Waals surface area contributed by atoms with Crippen molar-refractivity contribution < 1.29 is 13.9 Å². The van der Waals surface area contributed by atoms with Crippen molar-refractivity contribution in [3.8, 4) is 5.75 Å². The third kappa shape index (κ3) is 4.61. The largest absolute Gasteiger partial charge is 0.493 e. The van der Waals surface area contributed by atoms with Gasteiger partial charge in [0.1, 0.15) is 11.6 Å². The van der Waals surface area contributed by atoms with Gasteiger partial charge in [-0.2, -0.15) is 0 Å². The van der Waals surface area contributed by atoms with Crippen molar-refractivity contribution in [2.75, 3.05) is 32.8 Å². The van der Waals surface area contributed by atoms with E-state index in [1.54, 1.807) is 0 Å². The van der Waals surface area contributed by atoms with Crippen LogP contribution in [-0.2, 0) is 6.54 Å². The molecule has 1 fully saturated rings. The monoisotopic (exact) mass is 356 g/mol. The van der Waals surface area contributed by atoms with Crippen LogP contribution in [0.25, 0.3) is 0 Å². The van der Waals surface area contributed by atoms with Gasteiger partial charge in [0.25, 0.3) is 5.91 Å². The van der Waals surface area contributed by atoms with Crippen molar-refractivity contribution in [3.63, 3.8) is 0 Å². The zero-order chi connectivity index (χ0) is 18.4. The second-order valence-electron chi connectivity index (χ2n) is 6.48. The van der Waals surface area contributed by atoms with Crippen LogP contribution in [0.1, 0.15) is 29.3 Å². The summed E-state index contributed by atoms with van der Waals surface area (Å²) < 4.78 is 18.7. The molecule has 0 bridgehead atoms. The van der Waals surface area contributed by atoms with Crippen LogP contribution in [0.5, 0.6) is 5.75 Å². The number of benzene rings is 2. The van der Waals surface area contributed by atoms with Crippen LogP contribution in [0.3, 0.4) is 0 Å². The summed E-state index contributed by atoms with van der Waals surface area (Å²) in [6.45, 7) is 6.38. The van der Waals surface area contributed by atoms with Gasteiger partial charge in [-0.25, -0.2) is 4.39 Å². The number of halogens is 1. The minimum atomic E-state index is -0.214. The summed E-state index contributed by atoms with van der Waals surface area (Å²) in [5, 5.41) is 0. The standard InChI is InChI=1S/C21H25FN2O2/c1-2-26-20-7-4-3-6-19(20)21(25)24-13-5-12-23(14-15-24)16-17-8-10-18(22)11-9-17/h3-4,6-11H,2,5,12-16H2,1H3. The molecule has 26 heavy (non-hydrogen) atoms. The lowest BCUT2D eigenvalue weighted by atomic mass is 10.1. The lowest BCUT2D eigenvalue weighted by Gasteiger charge is -2.23. The normalized spacial score (nSPS) is 15.5. The van der Waals surface area contributed by atoms with Gasteiger partial charge in [0.05, 0.1) is 12.2 Å². The molecule has 0 spiro atoms. The van der Waals surface area contributed by atoms with Gasteiger partial charge in [0.2, 0.25) is 0 Å². The summed E-state index contributed by atoms with van der Waals surface area (Å²) in [7, 11) is 0. The second-order valence-corrected chi connectivity index (χ2v) is 6.48. The molecule has 0 aliphatic carbocycles. The van der Waals surface area contributed by atoms with Gasteiger partial charge in [0, 0.05) is 32.7 Å². The Morgan fingerprint density at radius 2 is 1.81 bits per heavy atom. The van der Waals surface area contributed by atoms with Gasteiger partial charge >= 0.3 is 0 Å². The Balaban J connectivity index is 1.63. The van der Waals surface area contributed by atoms with Crippen LogP contribution in [0.4, 0.5) is 4.39 Å². The Bertz CT molecular complexity index is 733. The van der Waals surface area contributed by atoms with Crippen LogP contribution >= 0.6 is 0 Å². The van der Waals surface area contributed by atoms with Crippen LogP contribution in [0, 0.1) is 5.82 Å². The molecule has 0 saturated carbocycles. The number of para-hydroxylation sites is 1. The number of amides is 1. The third-order valence-electron chi connectivity index (χ3n) is 4.61. The number of rotatable bonds is 5. The summed E-state index contributed by atoms with van der Waals surface area (Å²) in [5.74, 6) is 0.458. The van der Waals surface area contributed by atoms with Crippen LogP contribution in [0.15, 0.2) is 48.5 Å². The quantitative estimate of drug-likeness (QED) is 0.821. The molecule has 0 aromatic heterocycles. The van der Waals surface area contributed by atoms with E-state index in [0.29, 0.717) is 24.5 Å². The molecule has 5 heteroatoms. The molecule has 4 nitrogen and oxygen atoms in total. The summed E-state index contributed by atoms with van der Waals surface area (Å²) in [5.41, 5.74) is 1.72. The first kappa shape index (κ1) is 18.4. The smallest absolute Gasteiger partial charge is 0.257 e. The fraction of sp³-hybridized carbons (Fsp3) is 0.381. The molecule has 1 saturated heterocycles. The molecule has 2 aromatic carbocycles. The zero-order valence-corrected chi connectivity index (χ0v) is 15.2. The minimum absolute atomic E-state index is 0.0256. The van der Waals surface area contributed by atoms with E-state index in [9.17, 15) is 9.18 Å². The number of hydrogen-bond donors (Lipinski definition) is 0. The number of carbonyl (C=O) groups excluding carboxylic acids is 1. The molecular weight excluding hydrogens is 331 g/mol. The SMILES string of the molecule is CCOc1ccccc1C(=O)N1CCCN(Cc2ccc(F)cc2)CC1. The minimum Gasteiger partial charge on any atom is -0.493 e. The van der Waals surface area contributed by atoms with Crippen molar-refractivity contribution in [2.24, 2.45) is 0 Å². The first-order valence-electron chi connectivity index (χ1n) is 9.15. The van der Waals surface area contributed by atoms with Gasteiger partial charge in [-0.05, 0) is 43.2 Å². The average Bonchev–Trinajstić information content (AvgIpc) is 2.89. The highest BCUT2D eigenvalue weighted by molar-refractivity contribution is 5.97. The maximum Gasteiger partial charge on any atom is 0.257 e. The Labute approximate surface area is 154 Å². The van der Waals surface area contributed by atoms with Gasteiger partial charge in [-0.15, -0.1) is 0 Å². The van der Waals surface area contributed by atoms with Crippen LogP contribution < -0.4 is 4.74 Å².